The zero-order valence-corrected chi connectivity index (χ0v) is 23.6. The van der Waals surface area contributed by atoms with Crippen LogP contribution in [0, 0.1) is 40.6 Å². The Hall–Kier alpha value is -6.80. The topological polar surface area (TPSA) is 85.6 Å². The summed E-state index contributed by atoms with van der Waals surface area (Å²) >= 11 is 0. The lowest BCUT2D eigenvalue weighted by Crippen LogP contribution is -2.53. The van der Waals surface area contributed by atoms with Crippen molar-refractivity contribution < 1.29 is 0 Å². The molecule has 0 amide bonds. The van der Waals surface area contributed by atoms with Crippen molar-refractivity contribution in [1.29, 1.82) is 15.8 Å². The molecule has 6 aromatic carbocycles. The first-order valence-electron chi connectivity index (χ1n) is 14.4. The standard InChI is InChI=1S/C38H17BN6/c1-43-26-16-25(21-42)37-30(18-26)29-15-22(19-40)14-24(20-41)36(29)45(37)39-31-11-5-7-13-34(31)44-33-12-6-4-10-28(33)35-27-9-3-2-8-23(27)17-32(39)38(35)44/h2-18H. The van der Waals surface area contributed by atoms with E-state index < -0.39 is 6.85 Å². The average molecular weight is 568 g/mol. The molecule has 7 heteroatoms. The maximum absolute atomic E-state index is 10.5. The SMILES string of the molecule is [C-]#[N+]c1cc(C#N)c2c(c1)c1cc(C#N)cc(C#N)c1n2B1c2ccccc2-n2c3ccccc3c3c4ccccc4cc1c32. The molecule has 2 aromatic heterocycles. The maximum atomic E-state index is 10.5. The number of hydrogen-bond donors (Lipinski definition) is 0. The van der Waals surface area contributed by atoms with E-state index in [1.807, 2.05) is 18.2 Å². The van der Waals surface area contributed by atoms with Gasteiger partial charge in [-0.25, -0.2) is 4.85 Å². The van der Waals surface area contributed by atoms with Crippen LogP contribution in [0.2, 0.25) is 0 Å². The Morgan fingerprint density at radius 1 is 0.622 bits per heavy atom. The van der Waals surface area contributed by atoms with Crippen molar-refractivity contribution >= 4 is 77.8 Å². The third kappa shape index (κ3) is 3.09. The number of nitriles is 3. The molecule has 0 fully saturated rings. The molecule has 45 heavy (non-hydrogen) atoms. The van der Waals surface area contributed by atoms with Crippen LogP contribution in [0.3, 0.4) is 0 Å². The fourth-order valence-corrected chi connectivity index (χ4v) is 7.55. The van der Waals surface area contributed by atoms with Gasteiger partial charge in [0.2, 0.25) is 0 Å². The van der Waals surface area contributed by atoms with E-state index in [4.69, 9.17) is 6.57 Å². The van der Waals surface area contributed by atoms with Gasteiger partial charge in [0, 0.05) is 21.8 Å². The average Bonchev–Trinajstić information content (AvgIpc) is 3.62. The van der Waals surface area contributed by atoms with E-state index in [1.165, 1.54) is 0 Å². The number of fused-ring (bicyclic) bond motifs is 10. The molecule has 0 N–H and O–H groups in total. The van der Waals surface area contributed by atoms with Crippen LogP contribution in [0.4, 0.5) is 5.69 Å². The van der Waals surface area contributed by atoms with E-state index >= 15 is 0 Å². The van der Waals surface area contributed by atoms with Crippen LogP contribution in [-0.2, 0) is 0 Å². The molecule has 0 bridgehead atoms. The third-order valence-electron chi connectivity index (χ3n) is 9.19. The predicted octanol–water partition coefficient (Wildman–Crippen LogP) is 7.18. The molecule has 0 radical (unpaired) electrons. The summed E-state index contributed by atoms with van der Waals surface area (Å²) in [4.78, 5) is 3.65. The second-order valence-corrected chi connectivity index (χ2v) is 11.4. The fraction of sp³-hybridized carbons (Fsp3) is 0. The molecule has 202 valence electrons. The van der Waals surface area contributed by atoms with E-state index in [1.54, 1.807) is 24.3 Å². The molecule has 0 unspecified atom stereocenters. The molecule has 0 aliphatic carbocycles. The highest BCUT2D eigenvalue weighted by molar-refractivity contribution is 6.88. The van der Waals surface area contributed by atoms with E-state index in [2.05, 4.69) is 92.8 Å². The minimum absolute atomic E-state index is 0.330. The number of nitrogens with zero attached hydrogens (tertiary/aromatic N) is 6. The van der Waals surface area contributed by atoms with Crippen molar-refractivity contribution in [2.45, 2.75) is 0 Å². The number of aromatic nitrogens is 2. The van der Waals surface area contributed by atoms with Gasteiger partial charge in [-0.3, -0.25) is 0 Å². The summed E-state index contributed by atoms with van der Waals surface area (Å²) in [5.74, 6) is 0. The summed E-state index contributed by atoms with van der Waals surface area (Å²) in [5.41, 5.74) is 7.91. The molecule has 3 heterocycles. The van der Waals surface area contributed by atoms with Crippen molar-refractivity contribution in [3.05, 3.63) is 131 Å². The van der Waals surface area contributed by atoms with Crippen LogP contribution in [-0.4, -0.2) is 15.9 Å². The number of benzene rings is 6. The van der Waals surface area contributed by atoms with Crippen LogP contribution in [0.25, 0.3) is 64.9 Å². The minimum Gasteiger partial charge on any atom is -0.374 e. The fourth-order valence-electron chi connectivity index (χ4n) is 7.55. The normalized spacial score (nSPS) is 11.9. The first-order chi connectivity index (χ1) is 22.2. The molecular formula is C38H17BN6. The maximum Gasteiger partial charge on any atom is 0.332 e. The van der Waals surface area contributed by atoms with Crippen LogP contribution in [0.5, 0.6) is 0 Å². The zero-order chi connectivity index (χ0) is 30.4. The minimum atomic E-state index is -0.420. The molecule has 0 saturated carbocycles. The van der Waals surface area contributed by atoms with E-state index in [-0.39, 0.29) is 0 Å². The molecule has 1 aliphatic rings. The van der Waals surface area contributed by atoms with E-state index in [0.717, 1.165) is 49.2 Å². The largest absolute Gasteiger partial charge is 0.374 e. The molecule has 1 aliphatic heterocycles. The van der Waals surface area contributed by atoms with Crippen molar-refractivity contribution in [2.24, 2.45) is 0 Å². The molecule has 0 spiro atoms. The van der Waals surface area contributed by atoms with Crippen LogP contribution in [0.15, 0.2) is 103 Å². The van der Waals surface area contributed by atoms with Crippen LogP contribution < -0.4 is 10.9 Å². The van der Waals surface area contributed by atoms with Crippen molar-refractivity contribution in [3.63, 3.8) is 0 Å². The molecule has 9 rings (SSSR count). The summed E-state index contributed by atoms with van der Waals surface area (Å²) in [6.07, 6.45) is 0. The Kier molecular flexibility index (Phi) is 4.88. The zero-order valence-electron chi connectivity index (χ0n) is 23.6. The van der Waals surface area contributed by atoms with Gasteiger partial charge in [0.25, 0.3) is 0 Å². The van der Waals surface area contributed by atoms with Crippen molar-refractivity contribution in [2.75, 3.05) is 0 Å². The van der Waals surface area contributed by atoms with Gasteiger partial charge in [0.1, 0.15) is 6.07 Å². The molecular weight excluding hydrogens is 551 g/mol. The van der Waals surface area contributed by atoms with Gasteiger partial charge in [-0.15, -0.1) is 0 Å². The second kappa shape index (κ2) is 8.86. The quantitative estimate of drug-likeness (QED) is 0.155. The first kappa shape index (κ1) is 24.8. The van der Waals surface area contributed by atoms with E-state index in [0.29, 0.717) is 44.2 Å². The van der Waals surface area contributed by atoms with Crippen LogP contribution >= 0.6 is 0 Å². The number of hydrogen-bond acceptors (Lipinski definition) is 3. The summed E-state index contributed by atoms with van der Waals surface area (Å²) in [6, 6.07) is 41.1. The Labute approximate surface area is 257 Å². The summed E-state index contributed by atoms with van der Waals surface area (Å²) < 4.78 is 4.45. The van der Waals surface area contributed by atoms with Gasteiger partial charge >= 0.3 is 6.85 Å². The van der Waals surface area contributed by atoms with Gasteiger partial charge in [-0.1, -0.05) is 66.7 Å². The summed E-state index contributed by atoms with van der Waals surface area (Å²) in [5, 5.41) is 36.8. The Bertz CT molecular complexity index is 2740. The van der Waals surface area contributed by atoms with Gasteiger partial charge in [-0.2, -0.15) is 15.8 Å². The molecule has 0 saturated heterocycles. The van der Waals surface area contributed by atoms with Gasteiger partial charge in [0.15, 0.2) is 5.69 Å². The highest BCUT2D eigenvalue weighted by Crippen LogP contribution is 2.41. The number of rotatable bonds is 1. The summed E-state index contributed by atoms with van der Waals surface area (Å²) in [6.45, 7) is 7.32. The second-order valence-electron chi connectivity index (χ2n) is 11.4. The summed E-state index contributed by atoms with van der Waals surface area (Å²) in [7, 11) is 0. The predicted molar refractivity (Wildman–Crippen MR) is 179 cm³/mol. The molecule has 6 nitrogen and oxygen atoms in total. The van der Waals surface area contributed by atoms with Crippen molar-refractivity contribution in [3.8, 4) is 23.9 Å². The first-order valence-corrected chi connectivity index (χ1v) is 14.4. The molecule has 0 atom stereocenters. The molecule has 8 aromatic rings. The lowest BCUT2D eigenvalue weighted by atomic mass is 9.48. The Morgan fingerprint density at radius 3 is 2.09 bits per heavy atom. The van der Waals surface area contributed by atoms with E-state index in [9.17, 15) is 15.8 Å². The highest BCUT2D eigenvalue weighted by atomic mass is 15.0. The smallest absolute Gasteiger partial charge is 0.332 e. The highest BCUT2D eigenvalue weighted by Gasteiger charge is 2.38. The number of para-hydroxylation sites is 2. The lowest BCUT2D eigenvalue weighted by molar-refractivity contribution is 1.18. The third-order valence-corrected chi connectivity index (χ3v) is 9.19. The van der Waals surface area contributed by atoms with Gasteiger partial charge in [0.05, 0.1) is 57.5 Å². The monoisotopic (exact) mass is 568 g/mol. The van der Waals surface area contributed by atoms with Crippen molar-refractivity contribution in [1.82, 2.24) is 9.05 Å². The Morgan fingerprint density at radius 2 is 1.31 bits per heavy atom. The van der Waals surface area contributed by atoms with Crippen LogP contribution in [0.1, 0.15) is 16.7 Å². The lowest BCUT2D eigenvalue weighted by Gasteiger charge is -2.29. The van der Waals surface area contributed by atoms with Gasteiger partial charge in [-0.05, 0) is 63.5 Å². The Balaban J connectivity index is 1.58. The van der Waals surface area contributed by atoms with Gasteiger partial charge < -0.3 is 9.05 Å².